The van der Waals surface area contributed by atoms with Crippen molar-refractivity contribution in [3.8, 4) is 0 Å². The Morgan fingerprint density at radius 1 is 1.38 bits per heavy atom. The van der Waals surface area contributed by atoms with Gasteiger partial charge in [-0.15, -0.1) is 0 Å². The highest BCUT2D eigenvalue weighted by Crippen LogP contribution is 2.51. The van der Waals surface area contributed by atoms with E-state index < -0.39 is 17.1 Å². The van der Waals surface area contributed by atoms with Crippen molar-refractivity contribution >= 4 is 23.7 Å². The van der Waals surface area contributed by atoms with Crippen LogP contribution in [-0.4, -0.2) is 17.1 Å². The molecule has 1 spiro atoms. The lowest BCUT2D eigenvalue weighted by Gasteiger charge is -2.36. The molecule has 1 atom stereocenters. The van der Waals surface area contributed by atoms with Gasteiger partial charge in [-0.2, -0.15) is 0 Å². The first-order valence-corrected chi connectivity index (χ1v) is 6.29. The van der Waals surface area contributed by atoms with E-state index in [0.717, 1.165) is 12.8 Å². The molecule has 0 N–H and O–H groups in total. The molecule has 0 aliphatic carbocycles. The highest BCUT2D eigenvalue weighted by molar-refractivity contribution is 8.03. The fourth-order valence-corrected chi connectivity index (χ4v) is 3.52. The van der Waals surface area contributed by atoms with Crippen molar-refractivity contribution in [2.24, 2.45) is 5.92 Å². The molecule has 1 saturated heterocycles. The van der Waals surface area contributed by atoms with Crippen LogP contribution in [0, 0.1) is 5.92 Å². The van der Waals surface area contributed by atoms with Gasteiger partial charge in [0, 0.05) is 0 Å². The lowest BCUT2D eigenvalue weighted by atomic mass is 9.94. The number of carbonyl (C=O) groups is 2. The van der Waals surface area contributed by atoms with Crippen LogP contribution in [0.25, 0.3) is 0 Å². The molecule has 1 fully saturated rings. The normalized spacial score (nSPS) is 27.6. The molecule has 1 unspecified atom stereocenters. The number of rotatable bonds is 2. The van der Waals surface area contributed by atoms with Gasteiger partial charge in [0.15, 0.2) is 0 Å². The van der Waals surface area contributed by atoms with Gasteiger partial charge in [-0.3, -0.25) is 9.59 Å². The average Bonchev–Trinajstić information content (AvgIpc) is 2.53. The van der Waals surface area contributed by atoms with E-state index in [1.807, 2.05) is 19.3 Å². The summed E-state index contributed by atoms with van der Waals surface area (Å²) >= 11 is 1.29. The maximum Gasteiger partial charge on any atom is 0.321 e. The first kappa shape index (κ1) is 11.5. The fraction of sp³-hybridized carbons (Fsp3) is 0.636. The molecule has 5 heteroatoms. The number of thioether (sulfide) groups is 1. The molecule has 2 rings (SSSR count). The lowest BCUT2D eigenvalue weighted by molar-refractivity contribution is -0.221. The molecule has 16 heavy (non-hydrogen) atoms. The van der Waals surface area contributed by atoms with Crippen molar-refractivity contribution in [3.63, 3.8) is 0 Å². The van der Waals surface area contributed by atoms with Crippen LogP contribution >= 0.6 is 11.8 Å². The molecule has 0 amide bonds. The quantitative estimate of drug-likeness (QED) is 0.549. The summed E-state index contributed by atoms with van der Waals surface area (Å²) in [5.41, 5.74) is 1.18. The first-order chi connectivity index (χ1) is 7.61. The van der Waals surface area contributed by atoms with Crippen molar-refractivity contribution in [2.75, 3.05) is 0 Å². The summed E-state index contributed by atoms with van der Waals surface area (Å²) in [5, 5.41) is 0.826. The Balaban J connectivity index is 2.26. The van der Waals surface area contributed by atoms with Gasteiger partial charge in [-0.1, -0.05) is 19.4 Å². The number of carbonyl (C=O) groups excluding carboxylic acids is 2. The van der Waals surface area contributed by atoms with Crippen LogP contribution in [0.2, 0.25) is 0 Å². The zero-order chi connectivity index (χ0) is 11.8. The van der Waals surface area contributed by atoms with Crippen LogP contribution in [0.4, 0.5) is 0 Å². The smallest absolute Gasteiger partial charge is 0.321 e. The monoisotopic (exact) mass is 242 g/mol. The Labute approximate surface area is 98.4 Å². The van der Waals surface area contributed by atoms with Crippen molar-refractivity contribution in [1.82, 2.24) is 0 Å². The van der Waals surface area contributed by atoms with Crippen molar-refractivity contribution in [2.45, 2.75) is 38.2 Å². The second-order valence-electron chi connectivity index (χ2n) is 3.85. The molecule has 0 bridgehead atoms. The fourth-order valence-electron chi connectivity index (χ4n) is 2.11. The van der Waals surface area contributed by atoms with E-state index in [0.29, 0.717) is 0 Å². The minimum Gasteiger partial charge on any atom is -0.411 e. The molecular formula is C11H14O4S. The maximum atomic E-state index is 11.3. The van der Waals surface area contributed by atoms with Gasteiger partial charge in [-0.05, 0) is 30.0 Å². The van der Waals surface area contributed by atoms with E-state index in [1.165, 1.54) is 17.3 Å². The van der Waals surface area contributed by atoms with Gasteiger partial charge in [0.25, 0.3) is 0 Å². The predicted molar refractivity (Wildman–Crippen MR) is 59.3 cm³/mol. The molecule has 88 valence electrons. The highest BCUT2D eigenvalue weighted by Gasteiger charge is 2.53. The number of esters is 2. The van der Waals surface area contributed by atoms with E-state index >= 15 is 0 Å². The van der Waals surface area contributed by atoms with Crippen LogP contribution in [-0.2, 0) is 19.1 Å². The zero-order valence-corrected chi connectivity index (χ0v) is 10.1. The van der Waals surface area contributed by atoms with Gasteiger partial charge >= 0.3 is 17.1 Å². The third kappa shape index (κ3) is 1.73. The van der Waals surface area contributed by atoms with E-state index in [-0.39, 0.29) is 12.3 Å². The van der Waals surface area contributed by atoms with Crippen molar-refractivity contribution < 1.29 is 19.1 Å². The molecule has 0 saturated carbocycles. The Morgan fingerprint density at radius 2 is 2.00 bits per heavy atom. The molecule has 0 aromatic carbocycles. The third-order valence-corrected chi connectivity index (χ3v) is 4.07. The van der Waals surface area contributed by atoms with Gasteiger partial charge < -0.3 is 9.47 Å². The molecular weight excluding hydrogens is 228 g/mol. The van der Waals surface area contributed by atoms with Gasteiger partial charge in [-0.25, -0.2) is 0 Å². The van der Waals surface area contributed by atoms with Crippen molar-refractivity contribution in [3.05, 3.63) is 11.0 Å². The van der Waals surface area contributed by atoms with Crippen LogP contribution in [0.5, 0.6) is 0 Å². The lowest BCUT2D eigenvalue weighted by Crippen LogP contribution is -2.46. The number of hydrogen-bond donors (Lipinski definition) is 0. The largest absolute Gasteiger partial charge is 0.411 e. The van der Waals surface area contributed by atoms with Crippen LogP contribution in [0.1, 0.15) is 33.1 Å². The second-order valence-corrected chi connectivity index (χ2v) is 4.89. The molecule has 2 heterocycles. The molecule has 0 radical (unpaired) electrons. The Kier molecular flexibility index (Phi) is 2.97. The Hall–Kier alpha value is -0.970. The molecule has 2 aliphatic rings. The molecule has 0 aromatic rings. The Morgan fingerprint density at radius 3 is 2.50 bits per heavy atom. The van der Waals surface area contributed by atoms with E-state index in [2.05, 4.69) is 0 Å². The average molecular weight is 242 g/mol. The summed E-state index contributed by atoms with van der Waals surface area (Å²) < 4.78 is 10.5. The topological polar surface area (TPSA) is 52.6 Å². The summed E-state index contributed by atoms with van der Waals surface area (Å²) in [6.07, 6.45) is 1.38. The minimum absolute atomic E-state index is 0.0179. The van der Waals surface area contributed by atoms with Crippen LogP contribution < -0.4 is 0 Å². The van der Waals surface area contributed by atoms with Crippen LogP contribution in [0.3, 0.4) is 0 Å². The summed E-state index contributed by atoms with van der Waals surface area (Å²) in [4.78, 5) is 22.7. The molecule has 2 aliphatic heterocycles. The summed E-state index contributed by atoms with van der Waals surface area (Å²) in [6, 6.07) is 0. The SMILES string of the molecule is CCC1=CSC2(OC(=O)CC(=O)O2)C1CC. The summed E-state index contributed by atoms with van der Waals surface area (Å²) in [7, 11) is 0. The highest BCUT2D eigenvalue weighted by atomic mass is 32.2. The molecule has 4 nitrogen and oxygen atoms in total. The Bertz CT molecular complexity index is 345. The zero-order valence-electron chi connectivity index (χ0n) is 9.32. The summed E-state index contributed by atoms with van der Waals surface area (Å²) in [5.74, 6) is -1.00. The molecule has 0 aromatic heterocycles. The van der Waals surface area contributed by atoms with Crippen molar-refractivity contribution in [1.29, 1.82) is 0 Å². The number of ether oxygens (including phenoxy) is 2. The number of hydrogen-bond acceptors (Lipinski definition) is 5. The first-order valence-electron chi connectivity index (χ1n) is 5.41. The maximum absolute atomic E-state index is 11.3. The standard InChI is InChI=1S/C11H14O4S/c1-3-7-6-16-11(8(7)4-2)14-9(12)5-10(13)15-11/h6,8H,3-5H2,1-2H3. The van der Waals surface area contributed by atoms with E-state index in [4.69, 9.17) is 9.47 Å². The minimum atomic E-state index is -1.12. The predicted octanol–water partition coefficient (Wildman–Crippen LogP) is 2.20. The summed E-state index contributed by atoms with van der Waals surface area (Å²) in [6.45, 7) is 4.04. The van der Waals surface area contributed by atoms with Crippen LogP contribution in [0.15, 0.2) is 11.0 Å². The second kappa shape index (κ2) is 4.13. The van der Waals surface area contributed by atoms with E-state index in [9.17, 15) is 9.59 Å². The third-order valence-electron chi connectivity index (χ3n) is 2.87. The van der Waals surface area contributed by atoms with E-state index in [1.54, 1.807) is 0 Å². The van der Waals surface area contributed by atoms with Gasteiger partial charge in [0.1, 0.15) is 6.42 Å². The van der Waals surface area contributed by atoms with Gasteiger partial charge in [0.2, 0.25) is 0 Å². The van der Waals surface area contributed by atoms with Gasteiger partial charge in [0.05, 0.1) is 5.92 Å².